The summed E-state index contributed by atoms with van der Waals surface area (Å²) < 4.78 is 0. The van der Waals surface area contributed by atoms with Crippen LogP contribution in [0.15, 0.2) is 0 Å². The molecule has 0 aliphatic heterocycles. The number of rotatable bonds is 6. The van der Waals surface area contributed by atoms with E-state index in [1.165, 1.54) is 44.9 Å². The molecule has 0 aromatic heterocycles. The minimum absolute atomic E-state index is 0. The van der Waals surface area contributed by atoms with Gasteiger partial charge in [-0.15, -0.1) is 0 Å². The van der Waals surface area contributed by atoms with Crippen molar-refractivity contribution in [3.63, 3.8) is 0 Å². The molecule has 0 fully saturated rings. The average Bonchev–Trinajstić information content (AvgIpc) is 1.89. The fourth-order valence-electron chi connectivity index (χ4n) is 1.03. The van der Waals surface area contributed by atoms with Crippen molar-refractivity contribution >= 4 is 23.7 Å². The maximum atomic E-state index is 2.26. The summed E-state index contributed by atoms with van der Waals surface area (Å²) in [5.74, 6) is 0. The van der Waals surface area contributed by atoms with E-state index in [1.807, 2.05) is 0 Å². The zero-order valence-corrected chi connectivity index (χ0v) is 10.3. The summed E-state index contributed by atoms with van der Waals surface area (Å²) in [6.45, 7) is 4.53. The van der Waals surface area contributed by atoms with Crippen LogP contribution >= 0.6 is 0 Å². The van der Waals surface area contributed by atoms with E-state index in [4.69, 9.17) is 0 Å². The summed E-state index contributed by atoms with van der Waals surface area (Å²) in [5.41, 5.74) is 0. The van der Waals surface area contributed by atoms with Gasteiger partial charge in [0, 0.05) is 0 Å². The molecule has 0 aliphatic rings. The van der Waals surface area contributed by atoms with Crippen LogP contribution < -0.4 is 0 Å². The Bertz CT molecular complexity index is 38.0. The molecule has 0 heterocycles. The predicted molar refractivity (Wildman–Crippen MR) is 52.2 cm³/mol. The molecule has 0 N–H and O–H groups in total. The maximum absolute atomic E-state index is 2.26. The third-order valence-corrected chi connectivity index (χ3v) is 1.71. The Morgan fingerprint density at radius 3 is 1.20 bits per heavy atom. The molecule has 0 radical (unpaired) electrons. The molecule has 0 atom stereocenters. The molecule has 10 heavy (non-hydrogen) atoms. The molecule has 0 bridgehead atoms. The van der Waals surface area contributed by atoms with Gasteiger partial charge in [-0.2, -0.15) is 0 Å². The Hall–Kier alpha value is 0.790. The Morgan fingerprint density at radius 2 is 0.900 bits per heavy atom. The molecule has 0 saturated carbocycles. The predicted octanol–water partition coefficient (Wildman–Crippen LogP) is 2.84. The van der Waals surface area contributed by atoms with Gasteiger partial charge in [-0.25, -0.2) is 0 Å². The van der Waals surface area contributed by atoms with E-state index in [-0.39, 0.29) is 23.7 Å². The molecule has 0 saturated heterocycles. The summed E-state index contributed by atoms with van der Waals surface area (Å²) in [5, 5.41) is 0. The SMILES string of the molecule is CCCCCCCCC.[TeH2]. The van der Waals surface area contributed by atoms with Crippen LogP contribution in [0.1, 0.15) is 58.8 Å². The van der Waals surface area contributed by atoms with Crippen LogP contribution in [0.2, 0.25) is 0 Å². The molecule has 64 valence electrons. The molecular formula is C9H22Te. The van der Waals surface area contributed by atoms with Gasteiger partial charge in [0.15, 0.2) is 0 Å². The second-order valence-corrected chi connectivity index (χ2v) is 2.77. The van der Waals surface area contributed by atoms with E-state index in [2.05, 4.69) is 13.8 Å². The Kier molecular flexibility index (Phi) is 16.7. The van der Waals surface area contributed by atoms with Crippen LogP contribution in [0, 0.1) is 0 Å². The van der Waals surface area contributed by atoms with Crippen molar-refractivity contribution < 1.29 is 0 Å². The molecule has 0 rings (SSSR count). The first-order valence-electron chi connectivity index (χ1n) is 4.41. The Morgan fingerprint density at radius 1 is 0.600 bits per heavy atom. The van der Waals surface area contributed by atoms with Crippen LogP contribution in [-0.4, -0.2) is 23.7 Å². The first-order valence-corrected chi connectivity index (χ1v) is 4.41. The first-order chi connectivity index (χ1) is 4.41. The van der Waals surface area contributed by atoms with Crippen molar-refractivity contribution in [2.24, 2.45) is 0 Å². The zero-order valence-electron chi connectivity index (χ0n) is 7.45. The first kappa shape index (κ1) is 13.4. The van der Waals surface area contributed by atoms with Crippen molar-refractivity contribution in [2.75, 3.05) is 0 Å². The second-order valence-electron chi connectivity index (χ2n) is 2.77. The molecule has 0 spiro atoms. The van der Waals surface area contributed by atoms with Gasteiger partial charge in [-0.05, 0) is 0 Å². The van der Waals surface area contributed by atoms with Gasteiger partial charge < -0.3 is 0 Å². The van der Waals surface area contributed by atoms with Gasteiger partial charge in [0.2, 0.25) is 0 Å². The van der Waals surface area contributed by atoms with Crippen LogP contribution in [0.3, 0.4) is 0 Å². The normalized spacial score (nSPS) is 9.00. The van der Waals surface area contributed by atoms with Crippen molar-refractivity contribution in [2.45, 2.75) is 58.8 Å². The summed E-state index contributed by atoms with van der Waals surface area (Å²) in [6.07, 6.45) is 9.97. The molecular weight excluding hydrogens is 236 g/mol. The zero-order chi connectivity index (χ0) is 6.95. The number of hydrogen-bond acceptors (Lipinski definition) is 0. The van der Waals surface area contributed by atoms with Crippen molar-refractivity contribution in [1.29, 1.82) is 0 Å². The van der Waals surface area contributed by atoms with E-state index in [9.17, 15) is 0 Å². The van der Waals surface area contributed by atoms with Crippen LogP contribution in [-0.2, 0) is 0 Å². The fraction of sp³-hybridized carbons (Fsp3) is 1.00. The second kappa shape index (κ2) is 12.5. The van der Waals surface area contributed by atoms with Crippen LogP contribution in [0.25, 0.3) is 0 Å². The number of unbranched alkanes of at least 4 members (excludes halogenated alkanes) is 6. The van der Waals surface area contributed by atoms with Crippen molar-refractivity contribution in [3.8, 4) is 0 Å². The molecule has 0 aromatic carbocycles. The molecule has 0 nitrogen and oxygen atoms in total. The average molecular weight is 258 g/mol. The number of hydrogen-bond donors (Lipinski definition) is 0. The van der Waals surface area contributed by atoms with Gasteiger partial charge in [0.05, 0.1) is 0 Å². The third-order valence-electron chi connectivity index (χ3n) is 1.71. The van der Waals surface area contributed by atoms with Gasteiger partial charge in [-0.1, -0.05) is 58.8 Å². The van der Waals surface area contributed by atoms with Crippen molar-refractivity contribution in [1.82, 2.24) is 0 Å². The molecule has 0 aliphatic carbocycles. The molecule has 0 aromatic rings. The van der Waals surface area contributed by atoms with Gasteiger partial charge >= 0.3 is 23.7 Å². The van der Waals surface area contributed by atoms with Crippen molar-refractivity contribution in [3.05, 3.63) is 0 Å². The summed E-state index contributed by atoms with van der Waals surface area (Å²) in [4.78, 5) is 0. The summed E-state index contributed by atoms with van der Waals surface area (Å²) >= 11 is 0. The minimum atomic E-state index is 0. The molecule has 0 amide bonds. The fourth-order valence-corrected chi connectivity index (χ4v) is 1.03. The third kappa shape index (κ3) is 11.6. The Labute approximate surface area is 82.5 Å². The molecule has 0 unspecified atom stereocenters. The molecule has 1 heteroatoms. The van der Waals surface area contributed by atoms with E-state index in [0.717, 1.165) is 0 Å². The standard InChI is InChI=1S/C9H20.H2Te/c1-3-5-7-9-8-6-4-2;/h3-9H2,1-2H3;1H2. The van der Waals surface area contributed by atoms with Crippen LogP contribution in [0.5, 0.6) is 0 Å². The summed E-state index contributed by atoms with van der Waals surface area (Å²) in [7, 11) is 0. The van der Waals surface area contributed by atoms with E-state index in [1.54, 1.807) is 0 Å². The topological polar surface area (TPSA) is 0 Å². The quantitative estimate of drug-likeness (QED) is 0.507. The van der Waals surface area contributed by atoms with Gasteiger partial charge in [-0.3, -0.25) is 0 Å². The van der Waals surface area contributed by atoms with E-state index >= 15 is 0 Å². The Balaban J connectivity index is 0. The van der Waals surface area contributed by atoms with Crippen LogP contribution in [0.4, 0.5) is 0 Å². The van der Waals surface area contributed by atoms with Gasteiger partial charge in [0.25, 0.3) is 0 Å². The monoisotopic (exact) mass is 260 g/mol. The van der Waals surface area contributed by atoms with Gasteiger partial charge in [0.1, 0.15) is 0 Å². The van der Waals surface area contributed by atoms with E-state index < -0.39 is 0 Å². The van der Waals surface area contributed by atoms with E-state index in [0.29, 0.717) is 0 Å². The summed E-state index contributed by atoms with van der Waals surface area (Å²) in [6, 6.07) is 0.